The number of benzene rings is 1. The summed E-state index contributed by atoms with van der Waals surface area (Å²) < 4.78 is 11.2. The van der Waals surface area contributed by atoms with Crippen LogP contribution < -0.4 is 10.1 Å². The van der Waals surface area contributed by atoms with Crippen LogP contribution in [0.4, 0.5) is 0 Å². The number of likely N-dealkylation sites (N-methyl/N-ethyl adjacent to an activating group) is 1. The Balaban J connectivity index is 1.62. The zero-order chi connectivity index (χ0) is 19.9. The average molecular weight is 386 g/mol. The minimum Gasteiger partial charge on any atom is -0.491 e. The Kier molecular flexibility index (Phi) is 7.03. The van der Waals surface area contributed by atoms with E-state index in [1.54, 1.807) is 6.07 Å². The van der Waals surface area contributed by atoms with Crippen molar-refractivity contribution in [3.05, 3.63) is 41.5 Å². The van der Waals surface area contributed by atoms with Crippen molar-refractivity contribution in [1.82, 2.24) is 20.4 Å². The first-order chi connectivity index (χ1) is 13.5. The number of carbonyl (C=O) groups is 1. The molecule has 0 saturated heterocycles. The zero-order valence-electron chi connectivity index (χ0n) is 17.0. The van der Waals surface area contributed by atoms with Crippen LogP contribution in [0.1, 0.15) is 73.1 Å². The molecule has 1 unspecified atom stereocenters. The summed E-state index contributed by atoms with van der Waals surface area (Å²) in [6.45, 7) is 3.14. The van der Waals surface area contributed by atoms with E-state index >= 15 is 0 Å². The quantitative estimate of drug-likeness (QED) is 0.747. The fourth-order valence-corrected chi connectivity index (χ4v) is 3.40. The lowest BCUT2D eigenvalue weighted by Crippen LogP contribution is -2.28. The molecule has 7 nitrogen and oxygen atoms in total. The number of hydrogen-bond donors (Lipinski definition) is 1. The summed E-state index contributed by atoms with van der Waals surface area (Å²) in [4.78, 5) is 19.3. The molecule has 1 heterocycles. The highest BCUT2D eigenvalue weighted by Crippen LogP contribution is 2.31. The number of aromatic nitrogens is 2. The first-order valence-electron chi connectivity index (χ1n) is 10.1. The van der Waals surface area contributed by atoms with Crippen LogP contribution in [0, 0.1) is 0 Å². The lowest BCUT2D eigenvalue weighted by Gasteiger charge is -2.17. The standard InChI is InChI=1S/C21H30N4O3/c1-15(21-23-19(24-28-21)16-9-5-4-6-10-16)22-20(26)17-11-7-8-12-18(17)27-14-13-25(2)3/h7-8,11-12,15-16H,4-6,9-10,13-14H2,1-3H3,(H,22,26). The molecule has 1 saturated carbocycles. The van der Waals surface area contributed by atoms with E-state index in [1.165, 1.54) is 19.3 Å². The Hall–Kier alpha value is -2.41. The molecule has 1 aromatic heterocycles. The van der Waals surface area contributed by atoms with Crippen LogP contribution in [0.5, 0.6) is 5.75 Å². The summed E-state index contributed by atoms with van der Waals surface area (Å²) in [6.07, 6.45) is 5.93. The highest BCUT2D eigenvalue weighted by Gasteiger charge is 2.24. The topological polar surface area (TPSA) is 80.5 Å². The van der Waals surface area contributed by atoms with Crippen molar-refractivity contribution < 1.29 is 14.1 Å². The molecule has 152 valence electrons. The molecule has 0 aliphatic heterocycles. The van der Waals surface area contributed by atoms with Gasteiger partial charge in [-0.15, -0.1) is 0 Å². The van der Waals surface area contributed by atoms with E-state index in [2.05, 4.69) is 15.5 Å². The lowest BCUT2D eigenvalue weighted by molar-refractivity contribution is 0.0928. The predicted octanol–water partition coefficient (Wildman–Crippen LogP) is 3.55. The van der Waals surface area contributed by atoms with Crippen LogP contribution in [-0.4, -0.2) is 48.2 Å². The second kappa shape index (κ2) is 9.68. The Morgan fingerprint density at radius 1 is 1.29 bits per heavy atom. The van der Waals surface area contributed by atoms with E-state index < -0.39 is 0 Å². The third kappa shape index (κ3) is 5.32. The highest BCUT2D eigenvalue weighted by atomic mass is 16.5. The van der Waals surface area contributed by atoms with Gasteiger partial charge in [0.2, 0.25) is 5.89 Å². The van der Waals surface area contributed by atoms with Gasteiger partial charge < -0.3 is 19.5 Å². The molecule has 0 bridgehead atoms. The van der Waals surface area contributed by atoms with E-state index in [-0.39, 0.29) is 11.9 Å². The molecular weight excluding hydrogens is 356 g/mol. The highest BCUT2D eigenvalue weighted by molar-refractivity contribution is 5.97. The molecular formula is C21H30N4O3. The number of amides is 1. The monoisotopic (exact) mass is 386 g/mol. The van der Waals surface area contributed by atoms with Gasteiger partial charge in [-0.05, 0) is 46.0 Å². The number of nitrogens with zero attached hydrogens (tertiary/aromatic N) is 3. The Morgan fingerprint density at radius 3 is 2.79 bits per heavy atom. The maximum absolute atomic E-state index is 12.8. The summed E-state index contributed by atoms with van der Waals surface area (Å²) in [5.41, 5.74) is 0.500. The average Bonchev–Trinajstić information content (AvgIpc) is 3.19. The number of hydrogen-bond acceptors (Lipinski definition) is 6. The van der Waals surface area contributed by atoms with E-state index in [4.69, 9.17) is 9.26 Å². The van der Waals surface area contributed by atoms with Crippen molar-refractivity contribution in [1.29, 1.82) is 0 Å². The minimum atomic E-state index is -0.368. The Bertz CT molecular complexity index is 769. The molecule has 28 heavy (non-hydrogen) atoms. The number of ether oxygens (including phenoxy) is 1. The van der Waals surface area contributed by atoms with Gasteiger partial charge in [0.15, 0.2) is 5.82 Å². The van der Waals surface area contributed by atoms with Crippen LogP contribution in [-0.2, 0) is 0 Å². The van der Waals surface area contributed by atoms with E-state index in [0.717, 1.165) is 25.2 Å². The van der Waals surface area contributed by atoms with E-state index in [9.17, 15) is 4.79 Å². The van der Waals surface area contributed by atoms with Crippen molar-refractivity contribution in [2.24, 2.45) is 0 Å². The second-order valence-corrected chi connectivity index (χ2v) is 7.67. The largest absolute Gasteiger partial charge is 0.491 e. The number of nitrogens with one attached hydrogen (secondary N) is 1. The van der Waals surface area contributed by atoms with E-state index in [0.29, 0.717) is 29.7 Å². The number of para-hydroxylation sites is 1. The SMILES string of the molecule is CC(NC(=O)c1ccccc1OCCN(C)C)c1nc(C2CCCCC2)no1. The first-order valence-corrected chi connectivity index (χ1v) is 10.1. The molecule has 1 amide bonds. The van der Waals surface area contributed by atoms with Gasteiger partial charge >= 0.3 is 0 Å². The van der Waals surface area contributed by atoms with Crippen molar-refractivity contribution in [3.8, 4) is 5.75 Å². The normalized spacial score (nSPS) is 16.1. The molecule has 1 N–H and O–H groups in total. The van der Waals surface area contributed by atoms with Crippen LogP contribution in [0.15, 0.2) is 28.8 Å². The van der Waals surface area contributed by atoms with Crippen LogP contribution in [0.2, 0.25) is 0 Å². The van der Waals surface area contributed by atoms with Gasteiger partial charge in [-0.2, -0.15) is 4.98 Å². The smallest absolute Gasteiger partial charge is 0.255 e. The van der Waals surface area contributed by atoms with Crippen LogP contribution in [0.3, 0.4) is 0 Å². The van der Waals surface area contributed by atoms with Gasteiger partial charge in [0.1, 0.15) is 18.4 Å². The van der Waals surface area contributed by atoms with Gasteiger partial charge in [-0.25, -0.2) is 0 Å². The molecule has 0 radical (unpaired) electrons. The van der Waals surface area contributed by atoms with Crippen molar-refractivity contribution >= 4 is 5.91 Å². The minimum absolute atomic E-state index is 0.217. The van der Waals surface area contributed by atoms with Crippen molar-refractivity contribution in [2.45, 2.75) is 51.0 Å². The molecule has 1 aromatic carbocycles. The van der Waals surface area contributed by atoms with Gasteiger partial charge in [0.25, 0.3) is 5.91 Å². The molecule has 1 aliphatic rings. The van der Waals surface area contributed by atoms with Gasteiger partial charge in [0, 0.05) is 12.5 Å². The summed E-state index contributed by atoms with van der Waals surface area (Å²) in [5, 5.41) is 7.09. The summed E-state index contributed by atoms with van der Waals surface area (Å²) in [5.74, 6) is 1.94. The van der Waals surface area contributed by atoms with Crippen molar-refractivity contribution in [3.63, 3.8) is 0 Å². The maximum atomic E-state index is 12.8. The molecule has 1 aliphatic carbocycles. The fraction of sp³-hybridized carbons (Fsp3) is 0.571. The Labute approximate surface area is 166 Å². The summed E-state index contributed by atoms with van der Waals surface area (Å²) in [6, 6.07) is 6.88. The molecule has 2 aromatic rings. The number of carbonyl (C=O) groups excluding carboxylic acids is 1. The first kappa shape index (κ1) is 20.3. The summed E-state index contributed by atoms with van der Waals surface area (Å²) in [7, 11) is 3.96. The molecule has 7 heteroatoms. The lowest BCUT2D eigenvalue weighted by atomic mass is 9.89. The van der Waals surface area contributed by atoms with Gasteiger partial charge in [0.05, 0.1) is 5.56 Å². The third-order valence-corrected chi connectivity index (χ3v) is 5.07. The van der Waals surface area contributed by atoms with Crippen LogP contribution >= 0.6 is 0 Å². The number of rotatable bonds is 8. The zero-order valence-corrected chi connectivity index (χ0v) is 17.0. The molecule has 3 rings (SSSR count). The third-order valence-electron chi connectivity index (χ3n) is 5.07. The van der Waals surface area contributed by atoms with Gasteiger partial charge in [-0.1, -0.05) is 36.6 Å². The fourth-order valence-electron chi connectivity index (χ4n) is 3.40. The van der Waals surface area contributed by atoms with E-state index in [1.807, 2.05) is 44.1 Å². The van der Waals surface area contributed by atoms with Gasteiger partial charge in [-0.3, -0.25) is 4.79 Å². The summed E-state index contributed by atoms with van der Waals surface area (Å²) >= 11 is 0. The Morgan fingerprint density at radius 2 is 2.04 bits per heavy atom. The maximum Gasteiger partial charge on any atom is 0.255 e. The molecule has 0 spiro atoms. The predicted molar refractivity (Wildman–Crippen MR) is 106 cm³/mol. The molecule has 1 atom stereocenters. The van der Waals surface area contributed by atoms with Crippen molar-refractivity contribution in [2.75, 3.05) is 27.2 Å². The van der Waals surface area contributed by atoms with Crippen LogP contribution in [0.25, 0.3) is 0 Å². The second-order valence-electron chi connectivity index (χ2n) is 7.67. The molecule has 1 fully saturated rings.